The first kappa shape index (κ1) is 41.2. The van der Waals surface area contributed by atoms with E-state index in [0.29, 0.717) is 39.4 Å². The number of pyridine rings is 1. The first-order chi connectivity index (χ1) is 29.5. The number of H-pyrrole nitrogens is 1. The lowest BCUT2D eigenvalue weighted by molar-refractivity contribution is -0.000815. The molecular formula is C46H48FN7O7. The third kappa shape index (κ3) is 9.14. The molecule has 3 fully saturated rings. The summed E-state index contributed by atoms with van der Waals surface area (Å²) in [7, 11) is 1.71. The molecule has 5 heterocycles. The zero-order valence-corrected chi connectivity index (χ0v) is 33.6. The first-order valence-corrected chi connectivity index (χ1v) is 20.4. The standard InChI is InChI=1S/C46H48FN7O7/c1-52-33(27-61-34-9-5-8-31(21-34)44(30-6-3-2-4-7-30)54(46(59)60)39-26-53-18-16-29(39)17-19-53)22-38(51-52)45(58)49-23-28-10-11-32(37(47)20-28)24-48-25-41(56)35-12-14-40(55)43-36(35)13-15-42(57)50-43/h2-15,20-22,29,39,41,44,48,55-56H,16-19,23-27H2,1H3,(H,49,58)(H,50,57)(H,59,60)/t39-,41-,44-/m0/s1. The normalized spacial score (nSPS) is 18.1. The lowest BCUT2D eigenvalue weighted by atomic mass is 9.81. The van der Waals surface area contributed by atoms with Crippen LogP contribution in [0.3, 0.4) is 0 Å². The van der Waals surface area contributed by atoms with Crippen LogP contribution in [-0.4, -0.2) is 84.1 Å². The Hall–Kier alpha value is -6.55. The Kier molecular flexibility index (Phi) is 12.1. The number of carbonyl (C=O) groups excluding carboxylic acids is 1. The number of hydrogen-bond acceptors (Lipinski definition) is 9. The molecule has 9 rings (SSSR count). The van der Waals surface area contributed by atoms with Crippen LogP contribution < -0.4 is 20.9 Å². The van der Waals surface area contributed by atoms with Crippen LogP contribution in [0, 0.1) is 11.7 Å². The van der Waals surface area contributed by atoms with E-state index >= 15 is 4.39 Å². The van der Waals surface area contributed by atoms with Crippen LogP contribution in [0.1, 0.15) is 69.0 Å². The molecule has 14 nitrogen and oxygen atoms in total. The van der Waals surface area contributed by atoms with Crippen LogP contribution in [0.2, 0.25) is 0 Å². The minimum absolute atomic E-state index is 0.0585. The monoisotopic (exact) mass is 829 g/mol. The summed E-state index contributed by atoms with van der Waals surface area (Å²) in [5.41, 5.74) is 3.74. The molecule has 61 heavy (non-hydrogen) atoms. The number of aromatic hydroxyl groups is 1. The van der Waals surface area contributed by atoms with E-state index in [-0.39, 0.29) is 54.8 Å². The van der Waals surface area contributed by atoms with Gasteiger partial charge in [-0.2, -0.15) is 5.10 Å². The van der Waals surface area contributed by atoms with Crippen LogP contribution in [-0.2, 0) is 26.7 Å². The summed E-state index contributed by atoms with van der Waals surface area (Å²) in [6, 6.07) is 28.7. The van der Waals surface area contributed by atoms with E-state index in [2.05, 4.69) is 25.6 Å². The number of fused-ring (bicyclic) bond motifs is 4. The van der Waals surface area contributed by atoms with Crippen LogP contribution in [0.4, 0.5) is 9.18 Å². The van der Waals surface area contributed by atoms with Crippen molar-refractivity contribution in [3.63, 3.8) is 0 Å². The highest BCUT2D eigenvalue weighted by Gasteiger charge is 2.43. The number of phenols is 1. The molecule has 15 heteroatoms. The van der Waals surface area contributed by atoms with Crippen LogP contribution in [0.5, 0.6) is 11.5 Å². The molecule has 0 unspecified atom stereocenters. The number of benzene rings is 4. The second-order valence-corrected chi connectivity index (χ2v) is 15.8. The van der Waals surface area contributed by atoms with Gasteiger partial charge in [-0.05, 0) is 90.5 Å². The van der Waals surface area contributed by atoms with Gasteiger partial charge in [0.1, 0.15) is 23.9 Å². The average Bonchev–Trinajstić information content (AvgIpc) is 3.65. The fourth-order valence-electron chi connectivity index (χ4n) is 8.65. The highest BCUT2D eigenvalue weighted by molar-refractivity contribution is 5.92. The Labute approximate surface area is 351 Å². The lowest BCUT2D eigenvalue weighted by Gasteiger charge is -2.50. The van der Waals surface area contributed by atoms with Gasteiger partial charge in [-0.1, -0.05) is 60.7 Å². The van der Waals surface area contributed by atoms with Crippen molar-refractivity contribution < 1.29 is 34.0 Å². The van der Waals surface area contributed by atoms with Crippen molar-refractivity contribution in [3.05, 3.63) is 159 Å². The van der Waals surface area contributed by atoms with Gasteiger partial charge in [0, 0.05) is 50.2 Å². The fraction of sp³-hybridized carbons (Fsp3) is 0.304. The number of nitrogens with one attached hydrogen (secondary N) is 3. The van der Waals surface area contributed by atoms with Crippen molar-refractivity contribution in [1.29, 1.82) is 0 Å². The number of carboxylic acid groups (broad SMARTS) is 1. The number of amides is 2. The fourth-order valence-corrected chi connectivity index (χ4v) is 8.65. The highest BCUT2D eigenvalue weighted by Crippen LogP contribution is 2.39. The number of piperidine rings is 3. The number of ether oxygens (including phenoxy) is 1. The van der Waals surface area contributed by atoms with Gasteiger partial charge in [-0.25, -0.2) is 9.18 Å². The number of halogens is 1. The SMILES string of the molecule is Cn1nc(C(=O)NCc2ccc(CNC[C@H](O)c3ccc(O)c4[nH]c(=O)ccc34)c(F)c2)cc1COc1cccc([C@H](c2ccccc2)N(C(=O)O)[C@H]2CN3CCC2CC3)c1. The van der Waals surface area contributed by atoms with Crippen LogP contribution in [0.25, 0.3) is 10.9 Å². The van der Waals surface area contributed by atoms with E-state index < -0.39 is 30.0 Å². The number of hydrogen-bond donors (Lipinski definition) is 6. The first-order valence-electron chi connectivity index (χ1n) is 20.4. The number of aliphatic hydroxyl groups excluding tert-OH is 1. The third-order valence-electron chi connectivity index (χ3n) is 11.9. The summed E-state index contributed by atoms with van der Waals surface area (Å²) < 4.78 is 22.9. The van der Waals surface area contributed by atoms with E-state index in [1.54, 1.807) is 40.9 Å². The van der Waals surface area contributed by atoms with Crippen molar-refractivity contribution in [3.8, 4) is 11.5 Å². The number of aromatic nitrogens is 3. The predicted molar refractivity (Wildman–Crippen MR) is 226 cm³/mol. The minimum Gasteiger partial charge on any atom is -0.506 e. The van der Waals surface area contributed by atoms with Gasteiger partial charge in [0.2, 0.25) is 5.56 Å². The van der Waals surface area contributed by atoms with Crippen molar-refractivity contribution >= 4 is 22.9 Å². The summed E-state index contributed by atoms with van der Waals surface area (Å²) in [5, 5.41) is 42.4. The van der Waals surface area contributed by atoms with Gasteiger partial charge in [-0.3, -0.25) is 19.2 Å². The van der Waals surface area contributed by atoms with Crippen LogP contribution in [0.15, 0.2) is 108 Å². The molecule has 4 aromatic carbocycles. The Morgan fingerprint density at radius 2 is 1.75 bits per heavy atom. The third-order valence-corrected chi connectivity index (χ3v) is 11.9. The molecule has 6 N–H and O–H groups in total. The van der Waals surface area contributed by atoms with Gasteiger partial charge in [0.05, 0.1) is 29.4 Å². The number of phenolic OH excluding ortho intramolecular Hbond substituents is 1. The molecule has 2 bridgehead atoms. The molecule has 3 aliphatic heterocycles. The van der Waals surface area contributed by atoms with E-state index in [0.717, 1.165) is 43.6 Å². The largest absolute Gasteiger partial charge is 0.506 e. The Balaban J connectivity index is 0.868. The van der Waals surface area contributed by atoms with E-state index in [1.165, 1.54) is 24.3 Å². The molecule has 0 aliphatic carbocycles. The predicted octanol–water partition coefficient (Wildman–Crippen LogP) is 5.60. The summed E-state index contributed by atoms with van der Waals surface area (Å²) in [6.45, 7) is 3.09. The number of aryl methyl sites for hydroxylation is 1. The van der Waals surface area contributed by atoms with Gasteiger partial charge in [0.15, 0.2) is 5.69 Å². The number of rotatable bonds is 15. The molecular weight excluding hydrogens is 782 g/mol. The molecule has 3 atom stereocenters. The molecule has 2 amide bonds. The number of nitrogens with zero attached hydrogens (tertiary/aromatic N) is 4. The second kappa shape index (κ2) is 18.0. The topological polar surface area (TPSA) is 185 Å². The molecule has 0 saturated carbocycles. The maximum atomic E-state index is 15.1. The van der Waals surface area contributed by atoms with E-state index in [4.69, 9.17) is 4.74 Å². The summed E-state index contributed by atoms with van der Waals surface area (Å²) in [6.07, 6.45) is 0.0201. The van der Waals surface area contributed by atoms with E-state index in [9.17, 15) is 29.7 Å². The molecule has 2 aromatic heterocycles. The molecule has 3 aliphatic rings. The maximum Gasteiger partial charge on any atom is 0.408 e. The van der Waals surface area contributed by atoms with Gasteiger partial charge < -0.3 is 40.6 Å². The molecule has 3 saturated heterocycles. The van der Waals surface area contributed by atoms with E-state index in [1.807, 2.05) is 54.6 Å². The summed E-state index contributed by atoms with van der Waals surface area (Å²) >= 11 is 0. The van der Waals surface area contributed by atoms with Crippen LogP contribution >= 0.6 is 0 Å². The maximum absolute atomic E-state index is 15.1. The van der Waals surface area contributed by atoms with Crippen molar-refractivity contribution in [1.82, 2.24) is 35.2 Å². The van der Waals surface area contributed by atoms with Crippen molar-refractivity contribution in [2.24, 2.45) is 13.0 Å². The molecule has 0 spiro atoms. The number of aromatic amines is 1. The summed E-state index contributed by atoms with van der Waals surface area (Å²) in [4.78, 5) is 44.5. The summed E-state index contributed by atoms with van der Waals surface area (Å²) in [5.74, 6) is -0.173. The van der Waals surface area contributed by atoms with Crippen molar-refractivity contribution in [2.75, 3.05) is 26.2 Å². The van der Waals surface area contributed by atoms with Gasteiger partial charge in [0.25, 0.3) is 5.91 Å². The number of aliphatic hydroxyl groups is 1. The zero-order chi connectivity index (χ0) is 42.6. The Morgan fingerprint density at radius 1 is 0.967 bits per heavy atom. The average molecular weight is 830 g/mol. The van der Waals surface area contributed by atoms with Gasteiger partial charge >= 0.3 is 6.09 Å². The smallest absolute Gasteiger partial charge is 0.408 e. The zero-order valence-electron chi connectivity index (χ0n) is 33.6. The van der Waals surface area contributed by atoms with Crippen molar-refractivity contribution in [2.45, 2.75) is 50.7 Å². The molecule has 0 radical (unpaired) electrons. The Morgan fingerprint density at radius 3 is 2.49 bits per heavy atom. The molecule has 316 valence electrons. The quantitative estimate of drug-likeness (QED) is 0.0762. The highest BCUT2D eigenvalue weighted by atomic mass is 19.1. The Bertz CT molecular complexity index is 2590. The molecule has 6 aromatic rings. The lowest BCUT2D eigenvalue weighted by Crippen LogP contribution is -2.59. The van der Waals surface area contributed by atoms with Gasteiger partial charge in [-0.15, -0.1) is 0 Å². The second-order valence-electron chi connectivity index (χ2n) is 15.8. The minimum atomic E-state index is -0.995. The number of carbonyl (C=O) groups is 2.